The van der Waals surface area contributed by atoms with Gasteiger partial charge in [-0.05, 0) is 41.7 Å². The zero-order chi connectivity index (χ0) is 14.7. The summed E-state index contributed by atoms with van der Waals surface area (Å²) in [6, 6.07) is 10.2. The number of aryl methyl sites for hydroxylation is 2. The molecule has 0 saturated heterocycles. The maximum Gasteiger partial charge on any atom is 0.130 e. The second-order valence-electron chi connectivity index (χ2n) is 4.77. The first kappa shape index (κ1) is 15.0. The highest BCUT2D eigenvalue weighted by molar-refractivity contribution is 6.31. The van der Waals surface area contributed by atoms with Gasteiger partial charge in [-0.25, -0.2) is 4.39 Å². The van der Waals surface area contributed by atoms with Crippen molar-refractivity contribution in [3.05, 3.63) is 69.5 Å². The van der Waals surface area contributed by atoms with E-state index in [1.54, 1.807) is 6.07 Å². The van der Waals surface area contributed by atoms with Crippen LogP contribution in [-0.4, -0.2) is 5.11 Å². The van der Waals surface area contributed by atoms with Crippen molar-refractivity contribution in [3.8, 4) is 0 Å². The normalized spacial score (nSPS) is 12.4. The SMILES string of the molecule is CCc1ccc(C(O)c2c(F)cccc2Cl)cc1CC. The summed E-state index contributed by atoms with van der Waals surface area (Å²) >= 11 is 6.01. The van der Waals surface area contributed by atoms with Crippen LogP contribution in [-0.2, 0) is 12.8 Å². The molecule has 1 atom stereocenters. The summed E-state index contributed by atoms with van der Waals surface area (Å²) in [5.74, 6) is -0.484. The highest BCUT2D eigenvalue weighted by Crippen LogP contribution is 2.31. The molecule has 1 unspecified atom stereocenters. The van der Waals surface area contributed by atoms with E-state index in [0.29, 0.717) is 5.56 Å². The van der Waals surface area contributed by atoms with Crippen LogP contribution in [0.3, 0.4) is 0 Å². The van der Waals surface area contributed by atoms with Gasteiger partial charge in [-0.15, -0.1) is 0 Å². The van der Waals surface area contributed by atoms with Crippen molar-refractivity contribution in [1.29, 1.82) is 0 Å². The molecule has 0 fully saturated rings. The average molecular weight is 293 g/mol. The van der Waals surface area contributed by atoms with Crippen LogP contribution in [0.2, 0.25) is 5.02 Å². The molecule has 0 aromatic heterocycles. The minimum absolute atomic E-state index is 0.139. The van der Waals surface area contributed by atoms with Crippen LogP contribution < -0.4 is 0 Å². The van der Waals surface area contributed by atoms with Gasteiger partial charge in [0.25, 0.3) is 0 Å². The molecule has 0 aliphatic heterocycles. The van der Waals surface area contributed by atoms with E-state index in [1.165, 1.54) is 23.3 Å². The molecule has 2 rings (SSSR count). The summed E-state index contributed by atoms with van der Waals surface area (Å²) in [7, 11) is 0. The van der Waals surface area contributed by atoms with Crippen LogP contribution >= 0.6 is 11.6 Å². The smallest absolute Gasteiger partial charge is 0.130 e. The van der Waals surface area contributed by atoms with E-state index in [-0.39, 0.29) is 10.6 Å². The van der Waals surface area contributed by atoms with Crippen LogP contribution in [0.15, 0.2) is 36.4 Å². The van der Waals surface area contributed by atoms with Gasteiger partial charge in [-0.2, -0.15) is 0 Å². The Balaban J connectivity index is 2.46. The molecule has 0 amide bonds. The molecule has 0 aliphatic carbocycles. The quantitative estimate of drug-likeness (QED) is 0.867. The molecule has 1 nitrogen and oxygen atoms in total. The Bertz CT molecular complexity index is 590. The third-order valence-electron chi connectivity index (χ3n) is 3.58. The van der Waals surface area contributed by atoms with Crippen LogP contribution in [0.5, 0.6) is 0 Å². The fourth-order valence-corrected chi connectivity index (χ4v) is 2.69. The third kappa shape index (κ3) is 2.87. The van der Waals surface area contributed by atoms with Crippen molar-refractivity contribution in [2.24, 2.45) is 0 Å². The Labute approximate surface area is 124 Å². The van der Waals surface area contributed by atoms with Crippen molar-refractivity contribution < 1.29 is 9.50 Å². The minimum Gasteiger partial charge on any atom is -0.383 e. The summed E-state index contributed by atoms with van der Waals surface area (Å²) in [4.78, 5) is 0. The molecular formula is C17H18ClFO. The number of hydrogen-bond donors (Lipinski definition) is 1. The maximum atomic E-state index is 13.9. The lowest BCUT2D eigenvalue weighted by Gasteiger charge is -2.16. The summed E-state index contributed by atoms with van der Waals surface area (Å²) in [6.45, 7) is 4.17. The molecule has 20 heavy (non-hydrogen) atoms. The lowest BCUT2D eigenvalue weighted by atomic mass is 9.94. The molecule has 0 spiro atoms. The van der Waals surface area contributed by atoms with Gasteiger partial charge in [0.1, 0.15) is 11.9 Å². The largest absolute Gasteiger partial charge is 0.383 e. The minimum atomic E-state index is -1.04. The van der Waals surface area contributed by atoms with E-state index < -0.39 is 11.9 Å². The Hall–Kier alpha value is -1.38. The van der Waals surface area contributed by atoms with Gasteiger partial charge >= 0.3 is 0 Å². The first-order valence-electron chi connectivity index (χ1n) is 6.82. The first-order valence-corrected chi connectivity index (χ1v) is 7.19. The second-order valence-corrected chi connectivity index (χ2v) is 5.18. The second kappa shape index (κ2) is 6.38. The lowest BCUT2D eigenvalue weighted by Crippen LogP contribution is -2.05. The van der Waals surface area contributed by atoms with E-state index in [2.05, 4.69) is 13.8 Å². The van der Waals surface area contributed by atoms with Gasteiger partial charge in [0.2, 0.25) is 0 Å². The molecule has 106 valence electrons. The standard InChI is InChI=1S/C17H18ClFO/c1-3-11-8-9-13(10-12(11)4-2)17(20)16-14(18)6-5-7-15(16)19/h5-10,17,20H,3-4H2,1-2H3. The Morgan fingerprint density at radius 1 is 1.10 bits per heavy atom. The average Bonchev–Trinajstić information content (AvgIpc) is 2.46. The Morgan fingerprint density at radius 2 is 1.80 bits per heavy atom. The van der Waals surface area contributed by atoms with Crippen molar-refractivity contribution in [2.75, 3.05) is 0 Å². The zero-order valence-electron chi connectivity index (χ0n) is 11.7. The van der Waals surface area contributed by atoms with Crippen LogP contribution in [0.1, 0.15) is 42.2 Å². The van der Waals surface area contributed by atoms with Crippen molar-refractivity contribution >= 4 is 11.6 Å². The monoisotopic (exact) mass is 292 g/mol. The number of aliphatic hydroxyl groups is 1. The topological polar surface area (TPSA) is 20.2 Å². The van der Waals surface area contributed by atoms with Gasteiger partial charge < -0.3 is 5.11 Å². The number of hydrogen-bond acceptors (Lipinski definition) is 1. The highest BCUT2D eigenvalue weighted by atomic mass is 35.5. The molecule has 0 saturated carbocycles. The van der Waals surface area contributed by atoms with Crippen molar-refractivity contribution in [2.45, 2.75) is 32.8 Å². The summed E-state index contributed by atoms with van der Waals surface area (Å²) < 4.78 is 13.9. The molecule has 0 radical (unpaired) electrons. The molecule has 0 heterocycles. The van der Waals surface area contributed by atoms with Crippen LogP contribution in [0.25, 0.3) is 0 Å². The van der Waals surface area contributed by atoms with E-state index in [9.17, 15) is 9.50 Å². The summed E-state index contributed by atoms with van der Waals surface area (Å²) in [6.07, 6.45) is 0.786. The molecule has 2 aromatic rings. The Kier molecular flexibility index (Phi) is 4.79. The van der Waals surface area contributed by atoms with E-state index >= 15 is 0 Å². The third-order valence-corrected chi connectivity index (χ3v) is 3.91. The molecule has 0 aliphatic rings. The Morgan fingerprint density at radius 3 is 2.40 bits per heavy atom. The predicted molar refractivity (Wildman–Crippen MR) is 80.7 cm³/mol. The van der Waals surface area contributed by atoms with E-state index in [0.717, 1.165) is 12.8 Å². The number of benzene rings is 2. The zero-order valence-corrected chi connectivity index (χ0v) is 12.4. The van der Waals surface area contributed by atoms with Crippen molar-refractivity contribution in [3.63, 3.8) is 0 Å². The molecule has 0 bridgehead atoms. The number of aliphatic hydroxyl groups excluding tert-OH is 1. The first-order chi connectivity index (χ1) is 9.58. The van der Waals surface area contributed by atoms with Crippen LogP contribution in [0.4, 0.5) is 4.39 Å². The van der Waals surface area contributed by atoms with Gasteiger partial charge in [0.15, 0.2) is 0 Å². The van der Waals surface area contributed by atoms with E-state index in [4.69, 9.17) is 11.6 Å². The fraction of sp³-hybridized carbons (Fsp3) is 0.294. The molecule has 1 N–H and O–H groups in total. The van der Waals surface area contributed by atoms with Gasteiger partial charge in [-0.1, -0.05) is 49.7 Å². The van der Waals surface area contributed by atoms with Crippen molar-refractivity contribution in [1.82, 2.24) is 0 Å². The highest BCUT2D eigenvalue weighted by Gasteiger charge is 2.19. The van der Waals surface area contributed by atoms with E-state index in [1.807, 2.05) is 18.2 Å². The fourth-order valence-electron chi connectivity index (χ4n) is 2.43. The predicted octanol–water partition coefficient (Wildman–Crippen LogP) is 4.69. The summed E-state index contributed by atoms with van der Waals surface area (Å²) in [5.41, 5.74) is 3.24. The molecule has 3 heteroatoms. The van der Waals surface area contributed by atoms with Gasteiger partial charge in [0, 0.05) is 10.6 Å². The summed E-state index contributed by atoms with van der Waals surface area (Å²) in [5, 5.41) is 10.7. The molecule has 2 aromatic carbocycles. The number of halogens is 2. The molecular weight excluding hydrogens is 275 g/mol. The van der Waals surface area contributed by atoms with Gasteiger partial charge in [-0.3, -0.25) is 0 Å². The van der Waals surface area contributed by atoms with Gasteiger partial charge in [0.05, 0.1) is 0 Å². The maximum absolute atomic E-state index is 13.9. The van der Waals surface area contributed by atoms with Crippen LogP contribution in [0, 0.1) is 5.82 Å². The lowest BCUT2D eigenvalue weighted by molar-refractivity contribution is 0.215. The number of rotatable bonds is 4.